The van der Waals surface area contributed by atoms with Crippen LogP contribution < -0.4 is 0 Å². The molecular weight excluding hydrogens is 329 g/mol. The summed E-state index contributed by atoms with van der Waals surface area (Å²) in [6.07, 6.45) is -4.04. The third-order valence-corrected chi connectivity index (χ3v) is 4.03. The van der Waals surface area contributed by atoms with E-state index in [0.717, 1.165) is 5.56 Å². The number of aromatic nitrogens is 2. The SMILES string of the molecule is Cc1c(-c2ccccc2)c(C(F)(F)F)nn1-c1ccc(CCO)cc1. The fraction of sp³-hybridized carbons (Fsp3) is 0.211. The van der Waals surface area contributed by atoms with Gasteiger partial charge in [0.1, 0.15) is 0 Å². The molecule has 0 amide bonds. The minimum atomic E-state index is -4.54. The summed E-state index contributed by atoms with van der Waals surface area (Å²) in [7, 11) is 0. The number of hydrogen-bond acceptors (Lipinski definition) is 2. The van der Waals surface area contributed by atoms with Gasteiger partial charge in [-0.1, -0.05) is 42.5 Å². The molecule has 0 saturated heterocycles. The van der Waals surface area contributed by atoms with Crippen LogP contribution in [0.5, 0.6) is 0 Å². The lowest BCUT2D eigenvalue weighted by atomic mass is 10.0. The average molecular weight is 346 g/mol. The van der Waals surface area contributed by atoms with Gasteiger partial charge in [0.25, 0.3) is 0 Å². The van der Waals surface area contributed by atoms with Gasteiger partial charge in [-0.2, -0.15) is 18.3 Å². The number of halogens is 3. The number of alkyl halides is 3. The monoisotopic (exact) mass is 346 g/mol. The Morgan fingerprint density at radius 2 is 1.64 bits per heavy atom. The summed E-state index contributed by atoms with van der Waals surface area (Å²) in [6, 6.07) is 15.4. The lowest BCUT2D eigenvalue weighted by Crippen LogP contribution is -2.08. The smallest absolute Gasteiger partial charge is 0.396 e. The third kappa shape index (κ3) is 3.44. The molecule has 0 radical (unpaired) electrons. The average Bonchev–Trinajstić information content (AvgIpc) is 2.94. The minimum absolute atomic E-state index is 0.0243. The van der Waals surface area contributed by atoms with Crippen molar-refractivity contribution in [3.8, 4) is 16.8 Å². The molecule has 1 N–H and O–H groups in total. The Balaban J connectivity index is 2.14. The first-order valence-electron chi connectivity index (χ1n) is 7.84. The van der Waals surface area contributed by atoms with Crippen molar-refractivity contribution < 1.29 is 18.3 Å². The summed E-state index contributed by atoms with van der Waals surface area (Å²) >= 11 is 0. The molecule has 0 atom stereocenters. The first-order valence-corrected chi connectivity index (χ1v) is 7.84. The highest BCUT2D eigenvalue weighted by atomic mass is 19.4. The van der Waals surface area contributed by atoms with Crippen LogP contribution in [0.1, 0.15) is 17.0 Å². The molecule has 0 aliphatic rings. The van der Waals surface area contributed by atoms with Crippen LogP contribution in [0.2, 0.25) is 0 Å². The maximum Gasteiger partial charge on any atom is 0.435 e. The van der Waals surface area contributed by atoms with E-state index < -0.39 is 11.9 Å². The van der Waals surface area contributed by atoms with Crippen molar-refractivity contribution in [2.24, 2.45) is 0 Å². The molecule has 3 aromatic rings. The van der Waals surface area contributed by atoms with Gasteiger partial charge in [-0.3, -0.25) is 0 Å². The summed E-state index contributed by atoms with van der Waals surface area (Å²) in [4.78, 5) is 0. The first kappa shape index (κ1) is 17.2. The second kappa shape index (κ2) is 6.72. The fourth-order valence-corrected chi connectivity index (χ4v) is 2.84. The van der Waals surface area contributed by atoms with E-state index in [9.17, 15) is 13.2 Å². The predicted molar refractivity (Wildman–Crippen MR) is 89.5 cm³/mol. The van der Waals surface area contributed by atoms with Gasteiger partial charge >= 0.3 is 6.18 Å². The zero-order valence-corrected chi connectivity index (χ0v) is 13.6. The van der Waals surface area contributed by atoms with E-state index in [1.165, 1.54) is 4.68 Å². The van der Waals surface area contributed by atoms with Crippen LogP contribution in [0.25, 0.3) is 16.8 Å². The predicted octanol–water partition coefficient (Wildman–Crippen LogP) is 4.40. The Kier molecular flexibility index (Phi) is 4.63. The summed E-state index contributed by atoms with van der Waals surface area (Å²) in [6.45, 7) is 1.66. The molecule has 6 heteroatoms. The lowest BCUT2D eigenvalue weighted by Gasteiger charge is -2.07. The molecule has 1 heterocycles. The molecule has 1 aromatic heterocycles. The van der Waals surface area contributed by atoms with Gasteiger partial charge in [0.2, 0.25) is 0 Å². The zero-order valence-electron chi connectivity index (χ0n) is 13.6. The van der Waals surface area contributed by atoms with Crippen molar-refractivity contribution in [2.75, 3.05) is 6.61 Å². The number of benzene rings is 2. The second-order valence-corrected chi connectivity index (χ2v) is 5.72. The van der Waals surface area contributed by atoms with Crippen LogP contribution in [-0.4, -0.2) is 21.5 Å². The molecule has 130 valence electrons. The number of aliphatic hydroxyl groups excluding tert-OH is 1. The van der Waals surface area contributed by atoms with E-state index in [1.54, 1.807) is 61.5 Å². The normalized spacial score (nSPS) is 11.7. The van der Waals surface area contributed by atoms with Crippen LogP contribution in [0.15, 0.2) is 54.6 Å². The van der Waals surface area contributed by atoms with Gasteiger partial charge in [0, 0.05) is 17.9 Å². The van der Waals surface area contributed by atoms with Gasteiger partial charge < -0.3 is 5.11 Å². The summed E-state index contributed by atoms with van der Waals surface area (Å²) in [5.74, 6) is 0. The maximum absolute atomic E-state index is 13.5. The highest BCUT2D eigenvalue weighted by molar-refractivity contribution is 5.70. The molecule has 2 aromatic carbocycles. The van der Waals surface area contributed by atoms with E-state index in [0.29, 0.717) is 23.4 Å². The van der Waals surface area contributed by atoms with Crippen LogP contribution in [0.3, 0.4) is 0 Å². The molecular formula is C19H17F3N2O. The Hall–Kier alpha value is -2.60. The molecule has 0 aliphatic carbocycles. The van der Waals surface area contributed by atoms with Gasteiger partial charge in [0.15, 0.2) is 5.69 Å². The van der Waals surface area contributed by atoms with E-state index >= 15 is 0 Å². The molecule has 0 fully saturated rings. The minimum Gasteiger partial charge on any atom is -0.396 e. The molecule has 0 unspecified atom stereocenters. The molecule has 0 saturated carbocycles. The summed E-state index contributed by atoms with van der Waals surface area (Å²) in [5, 5.41) is 12.8. The van der Waals surface area contributed by atoms with Gasteiger partial charge in [-0.15, -0.1) is 0 Å². The molecule has 0 spiro atoms. The zero-order chi connectivity index (χ0) is 18.0. The van der Waals surface area contributed by atoms with Crippen LogP contribution in [0.4, 0.5) is 13.2 Å². The first-order chi connectivity index (χ1) is 11.9. The molecule has 0 aliphatic heterocycles. The highest BCUT2D eigenvalue weighted by Crippen LogP contribution is 2.39. The molecule has 3 rings (SSSR count). The van der Waals surface area contributed by atoms with Crippen molar-refractivity contribution in [1.82, 2.24) is 9.78 Å². The lowest BCUT2D eigenvalue weighted by molar-refractivity contribution is -0.140. The Morgan fingerprint density at radius 3 is 2.20 bits per heavy atom. The maximum atomic E-state index is 13.5. The van der Waals surface area contributed by atoms with E-state index in [1.807, 2.05) is 0 Å². The van der Waals surface area contributed by atoms with Crippen molar-refractivity contribution in [1.29, 1.82) is 0 Å². The summed E-state index contributed by atoms with van der Waals surface area (Å²) in [5.41, 5.74) is 1.56. The van der Waals surface area contributed by atoms with Gasteiger partial charge in [-0.05, 0) is 36.6 Å². The van der Waals surface area contributed by atoms with Crippen LogP contribution in [0, 0.1) is 6.92 Å². The Bertz CT molecular complexity index is 853. The quantitative estimate of drug-likeness (QED) is 0.760. The second-order valence-electron chi connectivity index (χ2n) is 5.72. The largest absolute Gasteiger partial charge is 0.435 e. The van der Waals surface area contributed by atoms with Crippen molar-refractivity contribution in [3.63, 3.8) is 0 Å². The number of nitrogens with zero attached hydrogens (tertiary/aromatic N) is 2. The third-order valence-electron chi connectivity index (χ3n) is 4.03. The molecule has 25 heavy (non-hydrogen) atoms. The van der Waals surface area contributed by atoms with Crippen molar-refractivity contribution in [2.45, 2.75) is 19.5 Å². The van der Waals surface area contributed by atoms with E-state index in [2.05, 4.69) is 5.10 Å². The van der Waals surface area contributed by atoms with Crippen molar-refractivity contribution >= 4 is 0 Å². The number of hydrogen-bond donors (Lipinski definition) is 1. The summed E-state index contributed by atoms with van der Waals surface area (Å²) < 4.78 is 41.8. The number of rotatable bonds is 4. The molecule has 0 bridgehead atoms. The molecule has 3 nitrogen and oxygen atoms in total. The van der Waals surface area contributed by atoms with Gasteiger partial charge in [0.05, 0.1) is 5.69 Å². The topological polar surface area (TPSA) is 38.0 Å². The number of aliphatic hydroxyl groups is 1. The van der Waals surface area contributed by atoms with E-state index in [-0.39, 0.29) is 12.2 Å². The van der Waals surface area contributed by atoms with Gasteiger partial charge in [-0.25, -0.2) is 4.68 Å². The van der Waals surface area contributed by atoms with Crippen molar-refractivity contribution in [3.05, 3.63) is 71.5 Å². The highest BCUT2D eigenvalue weighted by Gasteiger charge is 2.39. The van der Waals surface area contributed by atoms with Crippen LogP contribution >= 0.6 is 0 Å². The van der Waals surface area contributed by atoms with E-state index in [4.69, 9.17) is 5.11 Å². The Morgan fingerprint density at radius 1 is 1.00 bits per heavy atom. The van der Waals surface area contributed by atoms with Crippen LogP contribution in [-0.2, 0) is 12.6 Å². The standard InChI is InChI=1S/C19H17F3N2O/c1-13-17(15-5-3-2-4-6-15)18(19(20,21)22)23-24(13)16-9-7-14(8-10-16)11-12-25/h2-10,25H,11-12H2,1H3. The fourth-order valence-electron chi connectivity index (χ4n) is 2.84. The Labute approximate surface area is 143 Å².